The Hall–Kier alpha value is -1.84. The van der Waals surface area contributed by atoms with Crippen molar-refractivity contribution in [1.82, 2.24) is 4.90 Å². The SMILES string of the molecule is Cc1cccc(NC(=O)C2(C(=O)N3CCCC(C)C3)CC2)c1. The van der Waals surface area contributed by atoms with Gasteiger partial charge in [-0.05, 0) is 56.2 Å². The lowest BCUT2D eigenvalue weighted by atomic mass is 9.96. The van der Waals surface area contributed by atoms with E-state index in [-0.39, 0.29) is 11.8 Å². The second kappa shape index (κ2) is 5.75. The monoisotopic (exact) mass is 300 g/mol. The standard InChI is InChI=1S/C18H24N2O2/c1-13-5-3-7-15(11-13)19-16(21)18(8-9-18)17(22)20-10-4-6-14(2)12-20/h3,5,7,11,14H,4,6,8-10,12H2,1-2H3,(H,19,21). The van der Waals surface area contributed by atoms with Crippen LogP contribution in [0.4, 0.5) is 5.69 Å². The molecule has 1 N–H and O–H groups in total. The molecule has 1 heterocycles. The van der Waals surface area contributed by atoms with Gasteiger partial charge in [0.25, 0.3) is 0 Å². The van der Waals surface area contributed by atoms with Crippen molar-refractivity contribution in [2.75, 3.05) is 18.4 Å². The predicted molar refractivity (Wildman–Crippen MR) is 86.5 cm³/mol. The van der Waals surface area contributed by atoms with Gasteiger partial charge in [0.1, 0.15) is 5.41 Å². The lowest BCUT2D eigenvalue weighted by Crippen LogP contribution is -2.46. The molecule has 1 aliphatic carbocycles. The summed E-state index contributed by atoms with van der Waals surface area (Å²) in [6.07, 6.45) is 3.57. The minimum atomic E-state index is -0.805. The molecule has 1 aliphatic heterocycles. The van der Waals surface area contributed by atoms with Gasteiger partial charge in [-0.3, -0.25) is 9.59 Å². The van der Waals surface area contributed by atoms with E-state index < -0.39 is 5.41 Å². The van der Waals surface area contributed by atoms with Crippen molar-refractivity contribution < 1.29 is 9.59 Å². The topological polar surface area (TPSA) is 49.4 Å². The molecule has 1 atom stereocenters. The van der Waals surface area contributed by atoms with Crippen LogP contribution in [0.25, 0.3) is 0 Å². The molecule has 22 heavy (non-hydrogen) atoms. The Morgan fingerprint density at radius 3 is 2.73 bits per heavy atom. The molecule has 0 aromatic heterocycles. The van der Waals surface area contributed by atoms with Crippen LogP contribution >= 0.6 is 0 Å². The minimum absolute atomic E-state index is 0.0317. The van der Waals surface area contributed by atoms with Crippen LogP contribution in [0, 0.1) is 18.3 Å². The molecule has 2 amide bonds. The molecular weight excluding hydrogens is 276 g/mol. The second-order valence-electron chi connectivity index (χ2n) is 6.90. The largest absolute Gasteiger partial charge is 0.342 e. The Morgan fingerprint density at radius 1 is 1.32 bits per heavy atom. The minimum Gasteiger partial charge on any atom is -0.342 e. The van der Waals surface area contributed by atoms with E-state index in [0.717, 1.165) is 30.8 Å². The fourth-order valence-electron chi connectivity index (χ4n) is 3.31. The smallest absolute Gasteiger partial charge is 0.240 e. The summed E-state index contributed by atoms with van der Waals surface area (Å²) in [4.78, 5) is 27.3. The molecule has 0 spiro atoms. The molecule has 1 aromatic rings. The van der Waals surface area contributed by atoms with E-state index in [0.29, 0.717) is 18.8 Å². The zero-order valence-electron chi connectivity index (χ0n) is 13.4. The Kier molecular flexibility index (Phi) is 3.94. The fraction of sp³-hybridized carbons (Fsp3) is 0.556. The Balaban J connectivity index is 1.70. The molecule has 3 rings (SSSR count). The van der Waals surface area contributed by atoms with Gasteiger partial charge in [0.2, 0.25) is 11.8 Å². The highest BCUT2D eigenvalue weighted by atomic mass is 16.2. The van der Waals surface area contributed by atoms with Crippen LogP contribution in [0.3, 0.4) is 0 Å². The van der Waals surface area contributed by atoms with Crippen molar-refractivity contribution >= 4 is 17.5 Å². The van der Waals surface area contributed by atoms with Crippen LogP contribution in [0.1, 0.15) is 38.2 Å². The summed E-state index contributed by atoms with van der Waals surface area (Å²) in [7, 11) is 0. The van der Waals surface area contributed by atoms with Crippen molar-refractivity contribution in [3.8, 4) is 0 Å². The quantitative estimate of drug-likeness (QED) is 0.873. The molecule has 0 bridgehead atoms. The highest BCUT2D eigenvalue weighted by molar-refractivity contribution is 6.13. The summed E-state index contributed by atoms with van der Waals surface area (Å²) in [6.45, 7) is 5.75. The summed E-state index contributed by atoms with van der Waals surface area (Å²) < 4.78 is 0. The average molecular weight is 300 g/mol. The maximum Gasteiger partial charge on any atom is 0.240 e. The van der Waals surface area contributed by atoms with Gasteiger partial charge in [-0.2, -0.15) is 0 Å². The van der Waals surface area contributed by atoms with Crippen molar-refractivity contribution in [3.05, 3.63) is 29.8 Å². The molecule has 2 fully saturated rings. The maximum atomic E-state index is 12.8. The molecule has 1 saturated carbocycles. The van der Waals surface area contributed by atoms with Crippen molar-refractivity contribution in [1.29, 1.82) is 0 Å². The van der Waals surface area contributed by atoms with Crippen LogP contribution in [0.5, 0.6) is 0 Å². The number of carbonyl (C=O) groups is 2. The summed E-state index contributed by atoms with van der Waals surface area (Å²) in [6, 6.07) is 7.71. The molecule has 4 nitrogen and oxygen atoms in total. The van der Waals surface area contributed by atoms with Gasteiger partial charge in [-0.25, -0.2) is 0 Å². The van der Waals surface area contributed by atoms with Gasteiger partial charge in [0.05, 0.1) is 0 Å². The number of rotatable bonds is 3. The van der Waals surface area contributed by atoms with Gasteiger partial charge in [-0.1, -0.05) is 19.1 Å². The van der Waals surface area contributed by atoms with Gasteiger partial charge in [0.15, 0.2) is 0 Å². The van der Waals surface area contributed by atoms with E-state index in [1.54, 1.807) is 0 Å². The molecule has 2 aliphatic rings. The average Bonchev–Trinajstić information content (AvgIpc) is 3.28. The Labute approximate surface area is 131 Å². The molecule has 1 aromatic carbocycles. The first-order valence-electron chi connectivity index (χ1n) is 8.19. The molecule has 1 unspecified atom stereocenters. The third-order valence-electron chi connectivity index (χ3n) is 4.81. The highest BCUT2D eigenvalue weighted by Crippen LogP contribution is 2.48. The molecule has 118 valence electrons. The lowest BCUT2D eigenvalue weighted by Gasteiger charge is -2.33. The second-order valence-corrected chi connectivity index (χ2v) is 6.90. The van der Waals surface area contributed by atoms with Crippen LogP contribution in [-0.4, -0.2) is 29.8 Å². The summed E-state index contributed by atoms with van der Waals surface area (Å²) in [5.41, 5.74) is 1.07. The fourth-order valence-corrected chi connectivity index (χ4v) is 3.31. The van der Waals surface area contributed by atoms with Gasteiger partial charge < -0.3 is 10.2 Å². The molecule has 1 saturated heterocycles. The van der Waals surface area contributed by atoms with Gasteiger partial charge >= 0.3 is 0 Å². The summed E-state index contributed by atoms with van der Waals surface area (Å²) >= 11 is 0. The van der Waals surface area contributed by atoms with Crippen LogP contribution < -0.4 is 5.32 Å². The number of carbonyl (C=O) groups excluding carboxylic acids is 2. The van der Waals surface area contributed by atoms with E-state index in [1.807, 2.05) is 36.1 Å². The van der Waals surface area contributed by atoms with Gasteiger partial charge in [0, 0.05) is 18.8 Å². The predicted octanol–water partition coefficient (Wildman–Crippen LogP) is 2.97. The number of nitrogens with zero attached hydrogens (tertiary/aromatic N) is 1. The van der Waals surface area contributed by atoms with Crippen LogP contribution in [0.2, 0.25) is 0 Å². The number of amides is 2. The Morgan fingerprint density at radius 2 is 2.09 bits per heavy atom. The van der Waals surface area contributed by atoms with Crippen molar-refractivity contribution in [2.24, 2.45) is 11.3 Å². The third-order valence-corrected chi connectivity index (χ3v) is 4.81. The number of hydrogen-bond acceptors (Lipinski definition) is 2. The third kappa shape index (κ3) is 2.87. The number of hydrogen-bond donors (Lipinski definition) is 1. The maximum absolute atomic E-state index is 12.8. The van der Waals surface area contributed by atoms with Crippen molar-refractivity contribution in [3.63, 3.8) is 0 Å². The van der Waals surface area contributed by atoms with Crippen LogP contribution in [-0.2, 0) is 9.59 Å². The number of anilines is 1. The van der Waals surface area contributed by atoms with E-state index in [1.165, 1.54) is 6.42 Å². The molecular formula is C18H24N2O2. The number of benzene rings is 1. The zero-order valence-corrected chi connectivity index (χ0v) is 13.4. The van der Waals surface area contributed by atoms with E-state index in [2.05, 4.69) is 12.2 Å². The number of likely N-dealkylation sites (tertiary alicyclic amines) is 1. The lowest BCUT2D eigenvalue weighted by molar-refractivity contribution is -0.143. The van der Waals surface area contributed by atoms with Gasteiger partial charge in [-0.15, -0.1) is 0 Å². The zero-order chi connectivity index (χ0) is 15.7. The normalized spacial score (nSPS) is 23.0. The number of piperidine rings is 1. The van der Waals surface area contributed by atoms with Crippen LogP contribution in [0.15, 0.2) is 24.3 Å². The Bertz CT molecular complexity index is 593. The first-order chi connectivity index (χ1) is 10.5. The van der Waals surface area contributed by atoms with E-state index in [9.17, 15) is 9.59 Å². The molecule has 4 heteroatoms. The number of nitrogens with one attached hydrogen (secondary N) is 1. The highest BCUT2D eigenvalue weighted by Gasteiger charge is 2.58. The first-order valence-corrected chi connectivity index (χ1v) is 8.19. The summed E-state index contributed by atoms with van der Waals surface area (Å²) in [5.74, 6) is 0.430. The summed E-state index contributed by atoms with van der Waals surface area (Å²) in [5, 5.41) is 2.93. The molecule has 0 radical (unpaired) electrons. The van der Waals surface area contributed by atoms with Crippen molar-refractivity contribution in [2.45, 2.75) is 39.5 Å². The number of aryl methyl sites for hydroxylation is 1. The van der Waals surface area contributed by atoms with E-state index in [4.69, 9.17) is 0 Å². The van der Waals surface area contributed by atoms with E-state index >= 15 is 0 Å². The first kappa shape index (κ1) is 15.1.